The topological polar surface area (TPSA) is 79.8 Å². The number of nitrogens with one attached hydrogen (secondary N) is 2. The van der Waals surface area contributed by atoms with Gasteiger partial charge in [-0.1, -0.05) is 0 Å². The maximum Gasteiger partial charge on any atom is 0.228 e. The van der Waals surface area contributed by atoms with E-state index in [1.165, 1.54) is 11.3 Å². The standard InChI is InChI=1S/C12H13N5OS/c18-10(15-8-2-3-8)6-9-7-19-12(16-9)17-11-13-4-1-5-14-11/h1,4-5,7-8H,2-3,6H2,(H,15,18)(H,13,14,16,17). The monoisotopic (exact) mass is 275 g/mol. The van der Waals surface area contributed by atoms with Crippen LogP contribution in [0.4, 0.5) is 11.1 Å². The average molecular weight is 275 g/mol. The van der Waals surface area contributed by atoms with Gasteiger partial charge in [0.1, 0.15) is 0 Å². The maximum absolute atomic E-state index is 11.6. The number of rotatable bonds is 5. The second-order valence-electron chi connectivity index (χ2n) is 4.36. The molecule has 0 bridgehead atoms. The number of anilines is 2. The highest BCUT2D eigenvalue weighted by atomic mass is 32.1. The van der Waals surface area contributed by atoms with E-state index in [2.05, 4.69) is 25.6 Å². The molecule has 0 atom stereocenters. The van der Waals surface area contributed by atoms with E-state index in [9.17, 15) is 4.79 Å². The molecule has 0 saturated heterocycles. The summed E-state index contributed by atoms with van der Waals surface area (Å²) >= 11 is 1.44. The van der Waals surface area contributed by atoms with Gasteiger partial charge in [0.25, 0.3) is 0 Å². The summed E-state index contributed by atoms with van der Waals surface area (Å²) in [5.41, 5.74) is 0.765. The molecule has 1 aliphatic carbocycles. The smallest absolute Gasteiger partial charge is 0.228 e. The molecule has 0 radical (unpaired) electrons. The van der Waals surface area contributed by atoms with Crippen molar-refractivity contribution in [3.63, 3.8) is 0 Å². The fraction of sp³-hybridized carbons (Fsp3) is 0.333. The summed E-state index contributed by atoms with van der Waals surface area (Å²) in [6.45, 7) is 0. The van der Waals surface area contributed by atoms with Crippen molar-refractivity contribution >= 4 is 28.3 Å². The summed E-state index contributed by atoms with van der Waals surface area (Å²) in [6.07, 6.45) is 5.84. The lowest BCUT2D eigenvalue weighted by molar-refractivity contribution is -0.120. The number of amides is 1. The Morgan fingerprint density at radius 3 is 2.89 bits per heavy atom. The highest BCUT2D eigenvalue weighted by molar-refractivity contribution is 7.13. The van der Waals surface area contributed by atoms with Crippen LogP contribution in [0, 0.1) is 0 Å². The first-order valence-corrected chi connectivity index (χ1v) is 6.95. The lowest BCUT2D eigenvalue weighted by Gasteiger charge is -2.00. The van der Waals surface area contributed by atoms with Crippen molar-refractivity contribution < 1.29 is 4.79 Å². The molecule has 0 aliphatic heterocycles. The van der Waals surface area contributed by atoms with Crippen LogP contribution in [0.25, 0.3) is 0 Å². The van der Waals surface area contributed by atoms with Crippen LogP contribution in [-0.2, 0) is 11.2 Å². The summed E-state index contributed by atoms with van der Waals surface area (Å²) in [5.74, 6) is 0.543. The van der Waals surface area contributed by atoms with E-state index < -0.39 is 0 Å². The van der Waals surface area contributed by atoms with Gasteiger partial charge < -0.3 is 10.6 Å². The van der Waals surface area contributed by atoms with E-state index >= 15 is 0 Å². The number of hydrogen-bond donors (Lipinski definition) is 2. The minimum absolute atomic E-state index is 0.0373. The summed E-state index contributed by atoms with van der Waals surface area (Å²) in [5, 5.41) is 8.51. The van der Waals surface area contributed by atoms with Gasteiger partial charge in [0.2, 0.25) is 11.9 Å². The van der Waals surface area contributed by atoms with Crippen LogP contribution < -0.4 is 10.6 Å². The molecule has 2 aromatic heterocycles. The first-order valence-electron chi connectivity index (χ1n) is 6.07. The molecule has 6 nitrogen and oxygen atoms in total. The first kappa shape index (κ1) is 12.0. The van der Waals surface area contributed by atoms with E-state index in [1.54, 1.807) is 18.5 Å². The van der Waals surface area contributed by atoms with E-state index in [4.69, 9.17) is 0 Å². The first-order chi connectivity index (χ1) is 9.29. The molecule has 2 N–H and O–H groups in total. The number of aromatic nitrogens is 3. The Kier molecular flexibility index (Phi) is 3.37. The highest BCUT2D eigenvalue weighted by Gasteiger charge is 2.23. The van der Waals surface area contributed by atoms with Crippen LogP contribution in [0.3, 0.4) is 0 Å². The molecule has 2 aromatic rings. The van der Waals surface area contributed by atoms with Gasteiger partial charge in [0, 0.05) is 23.8 Å². The Labute approximate surface area is 114 Å². The molecular weight excluding hydrogens is 262 g/mol. The molecule has 1 aliphatic rings. The molecule has 98 valence electrons. The predicted molar refractivity (Wildman–Crippen MR) is 72.3 cm³/mol. The normalized spacial score (nSPS) is 14.1. The highest BCUT2D eigenvalue weighted by Crippen LogP contribution is 2.20. The number of thiazole rings is 1. The molecule has 2 heterocycles. The Hall–Kier alpha value is -2.02. The van der Waals surface area contributed by atoms with Gasteiger partial charge in [-0.15, -0.1) is 11.3 Å². The minimum atomic E-state index is 0.0373. The third kappa shape index (κ3) is 3.47. The van der Waals surface area contributed by atoms with Crippen molar-refractivity contribution in [1.29, 1.82) is 0 Å². The summed E-state index contributed by atoms with van der Waals surface area (Å²) in [4.78, 5) is 24.1. The Balaban J connectivity index is 1.58. The zero-order chi connectivity index (χ0) is 13.1. The molecule has 0 unspecified atom stereocenters. The van der Waals surface area contributed by atoms with Gasteiger partial charge in [0.15, 0.2) is 5.13 Å². The molecule has 19 heavy (non-hydrogen) atoms. The maximum atomic E-state index is 11.6. The Bertz CT molecular complexity index is 567. The van der Waals surface area contributed by atoms with E-state index in [0.29, 0.717) is 23.5 Å². The zero-order valence-electron chi connectivity index (χ0n) is 10.2. The van der Waals surface area contributed by atoms with Crippen LogP contribution in [0.1, 0.15) is 18.5 Å². The van der Waals surface area contributed by atoms with Crippen LogP contribution in [0.15, 0.2) is 23.8 Å². The van der Waals surface area contributed by atoms with E-state index in [0.717, 1.165) is 18.5 Å². The minimum Gasteiger partial charge on any atom is -0.353 e. The van der Waals surface area contributed by atoms with Crippen LogP contribution in [-0.4, -0.2) is 26.9 Å². The van der Waals surface area contributed by atoms with Crippen molar-refractivity contribution in [2.45, 2.75) is 25.3 Å². The summed E-state index contributed by atoms with van der Waals surface area (Å²) < 4.78 is 0. The van der Waals surface area contributed by atoms with Gasteiger partial charge in [-0.25, -0.2) is 15.0 Å². The van der Waals surface area contributed by atoms with Crippen molar-refractivity contribution in [3.05, 3.63) is 29.5 Å². The molecule has 0 spiro atoms. The quantitative estimate of drug-likeness (QED) is 0.864. The van der Waals surface area contributed by atoms with Crippen LogP contribution >= 0.6 is 11.3 Å². The number of carbonyl (C=O) groups excluding carboxylic acids is 1. The second-order valence-corrected chi connectivity index (χ2v) is 5.22. The predicted octanol–water partition coefficient (Wildman–Crippen LogP) is 1.50. The third-order valence-electron chi connectivity index (χ3n) is 2.62. The molecule has 1 saturated carbocycles. The lowest BCUT2D eigenvalue weighted by atomic mass is 10.3. The second kappa shape index (κ2) is 5.31. The number of nitrogens with zero attached hydrogens (tertiary/aromatic N) is 3. The van der Waals surface area contributed by atoms with Crippen molar-refractivity contribution in [2.24, 2.45) is 0 Å². The average Bonchev–Trinajstić information content (AvgIpc) is 3.11. The van der Waals surface area contributed by atoms with Gasteiger partial charge >= 0.3 is 0 Å². The fourth-order valence-electron chi connectivity index (χ4n) is 1.58. The molecule has 3 rings (SSSR count). The zero-order valence-corrected chi connectivity index (χ0v) is 11.0. The van der Waals surface area contributed by atoms with Crippen LogP contribution in [0.5, 0.6) is 0 Å². The molecule has 1 fully saturated rings. The van der Waals surface area contributed by atoms with Gasteiger partial charge in [-0.2, -0.15) is 0 Å². The third-order valence-corrected chi connectivity index (χ3v) is 3.43. The van der Waals surface area contributed by atoms with Crippen molar-refractivity contribution in [1.82, 2.24) is 20.3 Å². The number of carbonyl (C=O) groups is 1. The van der Waals surface area contributed by atoms with Gasteiger partial charge in [0.05, 0.1) is 12.1 Å². The largest absolute Gasteiger partial charge is 0.353 e. The molecule has 0 aromatic carbocycles. The van der Waals surface area contributed by atoms with Crippen molar-refractivity contribution in [3.8, 4) is 0 Å². The van der Waals surface area contributed by atoms with E-state index in [1.807, 2.05) is 5.38 Å². The Morgan fingerprint density at radius 2 is 2.16 bits per heavy atom. The summed E-state index contributed by atoms with van der Waals surface area (Å²) in [6, 6.07) is 2.14. The lowest BCUT2D eigenvalue weighted by Crippen LogP contribution is -2.27. The van der Waals surface area contributed by atoms with Crippen molar-refractivity contribution in [2.75, 3.05) is 5.32 Å². The van der Waals surface area contributed by atoms with E-state index in [-0.39, 0.29) is 5.91 Å². The van der Waals surface area contributed by atoms with Crippen LogP contribution in [0.2, 0.25) is 0 Å². The van der Waals surface area contributed by atoms with Gasteiger partial charge in [-0.05, 0) is 18.9 Å². The fourth-order valence-corrected chi connectivity index (χ4v) is 2.28. The SMILES string of the molecule is O=C(Cc1csc(Nc2ncccn2)n1)NC1CC1. The molecular formula is C12H13N5OS. The summed E-state index contributed by atoms with van der Waals surface area (Å²) in [7, 11) is 0. The Morgan fingerprint density at radius 1 is 1.37 bits per heavy atom. The number of hydrogen-bond acceptors (Lipinski definition) is 6. The molecule has 1 amide bonds. The molecule has 7 heteroatoms. The van der Waals surface area contributed by atoms with Gasteiger partial charge in [-0.3, -0.25) is 4.79 Å².